The van der Waals surface area contributed by atoms with E-state index in [9.17, 15) is 10.1 Å². The van der Waals surface area contributed by atoms with E-state index in [1.165, 1.54) is 19.2 Å². The van der Waals surface area contributed by atoms with Gasteiger partial charge in [-0.05, 0) is 25.5 Å². The van der Waals surface area contributed by atoms with Crippen LogP contribution in [0.4, 0.5) is 5.69 Å². The molecule has 6 nitrogen and oxygen atoms in total. The van der Waals surface area contributed by atoms with Crippen molar-refractivity contribution in [1.82, 2.24) is 5.32 Å². The Morgan fingerprint density at radius 1 is 1.50 bits per heavy atom. The molecular weight excluding hydrogens is 236 g/mol. The van der Waals surface area contributed by atoms with Crippen LogP contribution in [-0.4, -0.2) is 31.2 Å². The minimum absolute atomic E-state index is 0.00480. The zero-order valence-electron chi connectivity index (χ0n) is 10.2. The highest BCUT2D eigenvalue weighted by molar-refractivity contribution is 5.48. The molecule has 0 amide bonds. The first-order valence-electron chi connectivity index (χ1n) is 5.89. The topological polar surface area (TPSA) is 73.6 Å². The largest absolute Gasteiger partial charge is 0.493 e. The first-order chi connectivity index (χ1) is 8.70. The van der Waals surface area contributed by atoms with E-state index in [0.29, 0.717) is 24.1 Å². The molecule has 0 aliphatic carbocycles. The Labute approximate surface area is 105 Å². The molecule has 2 rings (SSSR count). The fraction of sp³-hybridized carbons (Fsp3) is 0.500. The van der Waals surface area contributed by atoms with E-state index in [0.717, 1.165) is 19.4 Å². The zero-order chi connectivity index (χ0) is 13.0. The van der Waals surface area contributed by atoms with E-state index >= 15 is 0 Å². The van der Waals surface area contributed by atoms with Gasteiger partial charge in [-0.2, -0.15) is 0 Å². The fourth-order valence-corrected chi connectivity index (χ4v) is 1.98. The second kappa shape index (κ2) is 5.68. The Balaban J connectivity index is 2.08. The van der Waals surface area contributed by atoms with Gasteiger partial charge in [-0.25, -0.2) is 0 Å². The maximum Gasteiger partial charge on any atom is 0.273 e. The van der Waals surface area contributed by atoms with Gasteiger partial charge in [-0.15, -0.1) is 0 Å². The number of methoxy groups -OCH3 is 1. The number of rotatable bonds is 5. The predicted octanol–water partition coefficient (Wildman–Crippen LogP) is 1.73. The van der Waals surface area contributed by atoms with Crippen molar-refractivity contribution in [2.24, 2.45) is 0 Å². The number of nitrogens with one attached hydrogen (secondary N) is 1. The summed E-state index contributed by atoms with van der Waals surface area (Å²) in [6, 6.07) is 4.66. The summed E-state index contributed by atoms with van der Waals surface area (Å²) in [4.78, 5) is 10.3. The molecule has 0 spiro atoms. The summed E-state index contributed by atoms with van der Waals surface area (Å²) in [6.07, 6.45) is 2.21. The van der Waals surface area contributed by atoms with E-state index in [4.69, 9.17) is 9.47 Å². The van der Waals surface area contributed by atoms with Gasteiger partial charge in [0.2, 0.25) is 0 Å². The quantitative estimate of drug-likeness (QED) is 0.638. The van der Waals surface area contributed by atoms with Crippen molar-refractivity contribution in [1.29, 1.82) is 0 Å². The number of nitro benzene ring substituents is 1. The third kappa shape index (κ3) is 2.89. The van der Waals surface area contributed by atoms with Gasteiger partial charge >= 0.3 is 0 Å². The molecule has 0 bridgehead atoms. The van der Waals surface area contributed by atoms with Gasteiger partial charge in [0.25, 0.3) is 5.69 Å². The summed E-state index contributed by atoms with van der Waals surface area (Å²) < 4.78 is 10.7. The molecule has 1 aromatic carbocycles. The van der Waals surface area contributed by atoms with Gasteiger partial charge in [0.1, 0.15) is 6.61 Å². The molecule has 1 heterocycles. The lowest BCUT2D eigenvalue weighted by Gasteiger charge is -2.14. The molecule has 1 fully saturated rings. The van der Waals surface area contributed by atoms with Crippen LogP contribution in [0.1, 0.15) is 12.8 Å². The van der Waals surface area contributed by atoms with Crippen molar-refractivity contribution in [3.8, 4) is 11.5 Å². The molecule has 1 aliphatic heterocycles. The van der Waals surface area contributed by atoms with Gasteiger partial charge < -0.3 is 14.8 Å². The van der Waals surface area contributed by atoms with Crippen LogP contribution in [0.25, 0.3) is 0 Å². The van der Waals surface area contributed by atoms with Gasteiger partial charge in [-0.3, -0.25) is 10.1 Å². The fourth-order valence-electron chi connectivity index (χ4n) is 1.98. The molecule has 1 aromatic rings. The van der Waals surface area contributed by atoms with Gasteiger partial charge in [0.05, 0.1) is 18.1 Å². The Kier molecular flexibility index (Phi) is 3.99. The maximum atomic E-state index is 10.7. The summed E-state index contributed by atoms with van der Waals surface area (Å²) >= 11 is 0. The van der Waals surface area contributed by atoms with E-state index in [-0.39, 0.29) is 5.69 Å². The minimum atomic E-state index is -0.444. The van der Waals surface area contributed by atoms with Crippen LogP contribution in [0.15, 0.2) is 18.2 Å². The van der Waals surface area contributed by atoms with Gasteiger partial charge in [0, 0.05) is 12.1 Å². The molecule has 0 aromatic heterocycles. The minimum Gasteiger partial charge on any atom is -0.493 e. The number of ether oxygens (including phenoxy) is 2. The van der Waals surface area contributed by atoms with Crippen LogP contribution < -0.4 is 14.8 Å². The van der Waals surface area contributed by atoms with Crippen molar-refractivity contribution in [2.45, 2.75) is 18.9 Å². The lowest BCUT2D eigenvalue weighted by Crippen LogP contribution is -2.28. The summed E-state index contributed by atoms with van der Waals surface area (Å²) in [5, 5.41) is 14.0. The number of non-ortho nitro benzene ring substituents is 1. The highest BCUT2D eigenvalue weighted by Gasteiger charge is 2.17. The maximum absolute atomic E-state index is 10.7. The molecule has 1 N–H and O–H groups in total. The van der Waals surface area contributed by atoms with Crippen LogP contribution >= 0.6 is 0 Å². The zero-order valence-corrected chi connectivity index (χ0v) is 10.2. The van der Waals surface area contributed by atoms with Gasteiger partial charge in [-0.1, -0.05) is 0 Å². The smallest absolute Gasteiger partial charge is 0.273 e. The Hall–Kier alpha value is -1.82. The first kappa shape index (κ1) is 12.6. The average Bonchev–Trinajstić information content (AvgIpc) is 2.89. The summed E-state index contributed by atoms with van der Waals surface area (Å²) in [5.74, 6) is 0.930. The average molecular weight is 252 g/mol. The lowest BCUT2D eigenvalue weighted by molar-refractivity contribution is -0.385. The number of hydrogen-bond donors (Lipinski definition) is 1. The Morgan fingerprint density at radius 2 is 2.33 bits per heavy atom. The van der Waals surface area contributed by atoms with Crippen LogP contribution in [0, 0.1) is 10.1 Å². The Bertz CT molecular complexity index is 430. The molecule has 0 saturated carbocycles. The normalized spacial score (nSPS) is 18.6. The number of hydrogen-bond acceptors (Lipinski definition) is 5. The van der Waals surface area contributed by atoms with Crippen molar-refractivity contribution < 1.29 is 14.4 Å². The van der Waals surface area contributed by atoms with Crippen molar-refractivity contribution in [3.63, 3.8) is 0 Å². The van der Waals surface area contributed by atoms with Gasteiger partial charge in [0.15, 0.2) is 11.5 Å². The third-order valence-electron chi connectivity index (χ3n) is 2.96. The summed E-state index contributed by atoms with van der Waals surface area (Å²) in [5.41, 5.74) is 0.00480. The summed E-state index contributed by atoms with van der Waals surface area (Å²) in [6.45, 7) is 1.50. The van der Waals surface area contributed by atoms with Crippen LogP contribution in [-0.2, 0) is 0 Å². The molecule has 1 aliphatic rings. The van der Waals surface area contributed by atoms with E-state index in [1.54, 1.807) is 6.07 Å². The molecule has 18 heavy (non-hydrogen) atoms. The monoisotopic (exact) mass is 252 g/mol. The predicted molar refractivity (Wildman–Crippen MR) is 66.2 cm³/mol. The molecule has 1 saturated heterocycles. The standard InChI is InChI=1S/C12H16N2O4/c1-17-11-5-4-10(14(15)16)7-12(11)18-8-9-3-2-6-13-9/h4-5,7,9,13H,2-3,6,8H2,1H3/t9-/m0/s1. The third-order valence-corrected chi connectivity index (χ3v) is 2.96. The van der Waals surface area contributed by atoms with Crippen LogP contribution in [0.2, 0.25) is 0 Å². The van der Waals surface area contributed by atoms with Crippen LogP contribution in [0.3, 0.4) is 0 Å². The second-order valence-electron chi connectivity index (χ2n) is 4.20. The van der Waals surface area contributed by atoms with Crippen molar-refractivity contribution in [2.75, 3.05) is 20.3 Å². The molecular formula is C12H16N2O4. The summed E-state index contributed by atoms with van der Waals surface area (Å²) in [7, 11) is 1.52. The molecule has 0 unspecified atom stereocenters. The van der Waals surface area contributed by atoms with Crippen LogP contribution in [0.5, 0.6) is 11.5 Å². The molecule has 98 valence electrons. The van der Waals surface area contributed by atoms with E-state index in [1.807, 2.05) is 0 Å². The number of benzene rings is 1. The SMILES string of the molecule is COc1ccc([N+](=O)[O-])cc1OC[C@@H]1CCCN1. The Morgan fingerprint density at radius 3 is 2.94 bits per heavy atom. The molecule has 1 atom stereocenters. The van der Waals surface area contributed by atoms with Crippen molar-refractivity contribution in [3.05, 3.63) is 28.3 Å². The van der Waals surface area contributed by atoms with E-state index in [2.05, 4.69) is 5.32 Å². The highest BCUT2D eigenvalue weighted by atomic mass is 16.6. The second-order valence-corrected chi connectivity index (χ2v) is 4.20. The molecule has 0 radical (unpaired) electrons. The number of nitro groups is 1. The van der Waals surface area contributed by atoms with E-state index < -0.39 is 4.92 Å². The highest BCUT2D eigenvalue weighted by Crippen LogP contribution is 2.31. The van der Waals surface area contributed by atoms with Crippen molar-refractivity contribution >= 4 is 5.69 Å². The first-order valence-corrected chi connectivity index (χ1v) is 5.89. The lowest BCUT2D eigenvalue weighted by atomic mass is 10.2. The number of nitrogens with zero attached hydrogens (tertiary/aromatic N) is 1. The molecule has 6 heteroatoms.